The van der Waals surface area contributed by atoms with Crippen LogP contribution < -0.4 is 0 Å². The summed E-state index contributed by atoms with van der Waals surface area (Å²) in [4.78, 5) is 15.8. The molecule has 0 aliphatic heterocycles. The number of benzene rings is 1. The standard InChI is InChI=1S/C12H10BrNO2/c1-2-16-12(15)10-7-6-8-4-3-5-9(13)11(8)14-10/h3-7H,2H2,1H3. The van der Waals surface area contributed by atoms with Gasteiger partial charge < -0.3 is 4.74 Å². The second-order valence-electron chi connectivity index (χ2n) is 3.23. The van der Waals surface area contributed by atoms with E-state index in [-0.39, 0.29) is 5.97 Å². The molecule has 0 spiro atoms. The number of halogens is 1. The SMILES string of the molecule is CCOC(=O)c1ccc2cccc(Br)c2n1. The highest BCUT2D eigenvalue weighted by atomic mass is 79.9. The van der Waals surface area contributed by atoms with Gasteiger partial charge in [0.15, 0.2) is 0 Å². The Kier molecular flexibility index (Phi) is 3.19. The number of ether oxygens (including phenoxy) is 1. The lowest BCUT2D eigenvalue weighted by Gasteiger charge is -2.03. The Morgan fingerprint density at radius 2 is 2.19 bits per heavy atom. The third-order valence-corrected chi connectivity index (χ3v) is 2.80. The van der Waals surface area contributed by atoms with E-state index in [1.807, 2.05) is 24.3 Å². The lowest BCUT2D eigenvalue weighted by Crippen LogP contribution is -2.06. The van der Waals surface area contributed by atoms with Gasteiger partial charge in [0.05, 0.1) is 12.1 Å². The van der Waals surface area contributed by atoms with Gasteiger partial charge >= 0.3 is 5.97 Å². The summed E-state index contributed by atoms with van der Waals surface area (Å²) in [6.45, 7) is 2.13. The maximum Gasteiger partial charge on any atom is 0.356 e. The summed E-state index contributed by atoms with van der Waals surface area (Å²) in [6, 6.07) is 9.30. The van der Waals surface area contributed by atoms with E-state index in [0.29, 0.717) is 12.3 Å². The van der Waals surface area contributed by atoms with Crippen LogP contribution in [0.1, 0.15) is 17.4 Å². The van der Waals surface area contributed by atoms with E-state index in [0.717, 1.165) is 15.4 Å². The van der Waals surface area contributed by atoms with Crippen molar-refractivity contribution in [3.8, 4) is 0 Å². The van der Waals surface area contributed by atoms with Gasteiger partial charge in [-0.2, -0.15) is 0 Å². The number of carbonyl (C=O) groups is 1. The third kappa shape index (κ3) is 2.07. The molecule has 1 aromatic heterocycles. The number of carbonyl (C=O) groups excluding carboxylic acids is 1. The summed E-state index contributed by atoms with van der Waals surface area (Å²) >= 11 is 3.40. The molecule has 0 radical (unpaired) electrons. The summed E-state index contributed by atoms with van der Waals surface area (Å²) in [6.07, 6.45) is 0. The molecular formula is C12H10BrNO2. The normalized spacial score (nSPS) is 10.4. The maximum atomic E-state index is 11.5. The van der Waals surface area contributed by atoms with Crippen LogP contribution in [0.5, 0.6) is 0 Å². The molecule has 82 valence electrons. The molecule has 0 atom stereocenters. The first kappa shape index (κ1) is 11.1. The highest BCUT2D eigenvalue weighted by Crippen LogP contribution is 2.22. The van der Waals surface area contributed by atoms with E-state index in [9.17, 15) is 4.79 Å². The Morgan fingerprint density at radius 1 is 1.38 bits per heavy atom. The van der Waals surface area contributed by atoms with E-state index in [4.69, 9.17) is 4.74 Å². The predicted molar refractivity (Wildman–Crippen MR) is 65.4 cm³/mol. The number of para-hydroxylation sites is 1. The smallest absolute Gasteiger partial charge is 0.356 e. The van der Waals surface area contributed by atoms with Crippen LogP contribution in [0.25, 0.3) is 10.9 Å². The molecule has 1 aromatic carbocycles. The molecule has 0 aliphatic rings. The highest BCUT2D eigenvalue weighted by molar-refractivity contribution is 9.10. The fraction of sp³-hybridized carbons (Fsp3) is 0.167. The minimum Gasteiger partial charge on any atom is -0.461 e. The maximum absolute atomic E-state index is 11.5. The van der Waals surface area contributed by atoms with Crippen LogP contribution in [0, 0.1) is 0 Å². The lowest BCUT2D eigenvalue weighted by molar-refractivity contribution is 0.0520. The number of hydrogen-bond donors (Lipinski definition) is 0. The molecule has 3 nitrogen and oxygen atoms in total. The zero-order valence-electron chi connectivity index (χ0n) is 8.74. The second kappa shape index (κ2) is 4.61. The fourth-order valence-corrected chi connectivity index (χ4v) is 1.90. The van der Waals surface area contributed by atoms with E-state index >= 15 is 0 Å². The molecule has 0 unspecified atom stereocenters. The molecule has 0 amide bonds. The van der Waals surface area contributed by atoms with Gasteiger partial charge in [-0.1, -0.05) is 18.2 Å². The zero-order valence-corrected chi connectivity index (χ0v) is 10.3. The lowest BCUT2D eigenvalue weighted by atomic mass is 10.2. The Morgan fingerprint density at radius 3 is 2.94 bits per heavy atom. The Balaban J connectivity index is 2.51. The summed E-state index contributed by atoms with van der Waals surface area (Å²) in [5.41, 5.74) is 1.11. The molecule has 2 rings (SSSR count). The minimum absolute atomic E-state index is 0.334. The van der Waals surface area contributed by atoms with Gasteiger partial charge in [-0.05, 0) is 35.0 Å². The van der Waals surface area contributed by atoms with Crippen molar-refractivity contribution in [3.05, 3.63) is 40.5 Å². The van der Waals surface area contributed by atoms with Crippen LogP contribution in [0.4, 0.5) is 0 Å². The molecule has 0 saturated carbocycles. The van der Waals surface area contributed by atoms with Crippen molar-refractivity contribution in [2.45, 2.75) is 6.92 Å². The summed E-state index contributed by atoms with van der Waals surface area (Å²) in [5.74, 6) is -0.389. The van der Waals surface area contributed by atoms with E-state index in [2.05, 4.69) is 20.9 Å². The molecule has 4 heteroatoms. The molecular weight excluding hydrogens is 270 g/mol. The molecule has 0 aliphatic carbocycles. The van der Waals surface area contributed by atoms with Crippen LogP contribution in [0.2, 0.25) is 0 Å². The number of pyridine rings is 1. The van der Waals surface area contributed by atoms with Gasteiger partial charge in [0.2, 0.25) is 0 Å². The van der Waals surface area contributed by atoms with Gasteiger partial charge in [0, 0.05) is 9.86 Å². The van der Waals surface area contributed by atoms with E-state index < -0.39 is 0 Å². The molecule has 0 N–H and O–H groups in total. The first-order valence-corrected chi connectivity index (χ1v) is 5.74. The van der Waals surface area contributed by atoms with Crippen molar-refractivity contribution in [2.75, 3.05) is 6.61 Å². The molecule has 2 aromatic rings. The molecule has 1 heterocycles. The quantitative estimate of drug-likeness (QED) is 0.793. The van der Waals surface area contributed by atoms with Crippen LogP contribution in [-0.4, -0.2) is 17.6 Å². The van der Waals surface area contributed by atoms with Gasteiger partial charge in [-0.25, -0.2) is 9.78 Å². The average molecular weight is 280 g/mol. The molecule has 0 bridgehead atoms. The van der Waals surface area contributed by atoms with Gasteiger partial charge in [-0.3, -0.25) is 0 Å². The van der Waals surface area contributed by atoms with Crippen molar-refractivity contribution in [3.63, 3.8) is 0 Å². The van der Waals surface area contributed by atoms with Crippen molar-refractivity contribution in [2.24, 2.45) is 0 Å². The van der Waals surface area contributed by atoms with Gasteiger partial charge in [-0.15, -0.1) is 0 Å². The number of esters is 1. The highest BCUT2D eigenvalue weighted by Gasteiger charge is 2.09. The van der Waals surface area contributed by atoms with E-state index in [1.165, 1.54) is 0 Å². The van der Waals surface area contributed by atoms with Crippen LogP contribution in [-0.2, 0) is 4.74 Å². The summed E-state index contributed by atoms with van der Waals surface area (Å²) in [5, 5.41) is 0.988. The Bertz CT molecular complexity index is 540. The van der Waals surface area contributed by atoms with Crippen molar-refractivity contribution < 1.29 is 9.53 Å². The topological polar surface area (TPSA) is 39.2 Å². The monoisotopic (exact) mass is 279 g/mol. The molecule has 0 fully saturated rings. The largest absolute Gasteiger partial charge is 0.461 e. The first-order chi connectivity index (χ1) is 7.72. The number of rotatable bonds is 2. The third-order valence-electron chi connectivity index (χ3n) is 2.16. The first-order valence-electron chi connectivity index (χ1n) is 4.94. The van der Waals surface area contributed by atoms with Gasteiger partial charge in [0.25, 0.3) is 0 Å². The Labute approximate surface area is 102 Å². The minimum atomic E-state index is -0.389. The average Bonchev–Trinajstić information content (AvgIpc) is 2.29. The van der Waals surface area contributed by atoms with Crippen LogP contribution in [0.15, 0.2) is 34.8 Å². The molecule has 16 heavy (non-hydrogen) atoms. The second-order valence-corrected chi connectivity index (χ2v) is 4.08. The van der Waals surface area contributed by atoms with Crippen molar-refractivity contribution in [1.82, 2.24) is 4.98 Å². The number of nitrogens with zero attached hydrogens (tertiary/aromatic N) is 1. The number of fused-ring (bicyclic) bond motifs is 1. The van der Waals surface area contributed by atoms with E-state index in [1.54, 1.807) is 13.0 Å². The fourth-order valence-electron chi connectivity index (χ4n) is 1.43. The Hall–Kier alpha value is -1.42. The molecule has 0 saturated heterocycles. The van der Waals surface area contributed by atoms with Crippen LogP contribution >= 0.6 is 15.9 Å². The number of hydrogen-bond acceptors (Lipinski definition) is 3. The zero-order chi connectivity index (χ0) is 11.5. The van der Waals surface area contributed by atoms with Crippen LogP contribution in [0.3, 0.4) is 0 Å². The van der Waals surface area contributed by atoms with Crippen molar-refractivity contribution in [1.29, 1.82) is 0 Å². The van der Waals surface area contributed by atoms with Crippen molar-refractivity contribution >= 4 is 32.8 Å². The summed E-state index contributed by atoms with van der Waals surface area (Å²) in [7, 11) is 0. The van der Waals surface area contributed by atoms with Gasteiger partial charge in [0.1, 0.15) is 5.69 Å². The predicted octanol–water partition coefficient (Wildman–Crippen LogP) is 3.17. The number of aromatic nitrogens is 1. The summed E-state index contributed by atoms with van der Waals surface area (Å²) < 4.78 is 5.77.